The number of ether oxygens (including phenoxy) is 1. The molecule has 0 aliphatic carbocycles. The smallest absolute Gasteiger partial charge is 0.0547 e. The van der Waals surface area contributed by atoms with E-state index in [0.29, 0.717) is 12.0 Å². The van der Waals surface area contributed by atoms with Crippen LogP contribution in [0.15, 0.2) is 30.3 Å². The lowest BCUT2D eigenvalue weighted by molar-refractivity contribution is 0.0155. The van der Waals surface area contributed by atoms with Crippen molar-refractivity contribution in [3.05, 3.63) is 35.9 Å². The largest absolute Gasteiger partial charge is 0.378 e. The number of rotatable bonds is 1. The number of benzene rings is 1. The van der Waals surface area contributed by atoms with Crippen LogP contribution in [0.5, 0.6) is 0 Å². The van der Waals surface area contributed by atoms with Crippen LogP contribution in [0.25, 0.3) is 0 Å². The maximum atomic E-state index is 5.64. The fourth-order valence-corrected chi connectivity index (χ4v) is 1.87. The zero-order valence-electron chi connectivity index (χ0n) is 9.52. The van der Waals surface area contributed by atoms with Crippen molar-refractivity contribution in [2.24, 2.45) is 0 Å². The number of thiol groups is 1. The van der Waals surface area contributed by atoms with Crippen molar-refractivity contribution in [2.75, 3.05) is 12.9 Å². The molecule has 1 fully saturated rings. The van der Waals surface area contributed by atoms with Crippen LogP contribution in [-0.4, -0.2) is 19.0 Å². The van der Waals surface area contributed by atoms with Crippen LogP contribution in [0, 0.1) is 0 Å². The van der Waals surface area contributed by atoms with Crippen molar-refractivity contribution < 1.29 is 4.74 Å². The van der Waals surface area contributed by atoms with Gasteiger partial charge >= 0.3 is 0 Å². The summed E-state index contributed by atoms with van der Waals surface area (Å²) in [6.07, 6.45) is 4.62. The van der Waals surface area contributed by atoms with Crippen molar-refractivity contribution in [3.8, 4) is 0 Å². The molecule has 1 aromatic carbocycles. The molecule has 15 heavy (non-hydrogen) atoms. The van der Waals surface area contributed by atoms with E-state index in [1.165, 1.54) is 18.4 Å². The molecule has 0 aromatic heterocycles. The van der Waals surface area contributed by atoms with Crippen molar-refractivity contribution in [1.82, 2.24) is 0 Å². The van der Waals surface area contributed by atoms with Crippen LogP contribution in [0.1, 0.15) is 31.2 Å². The molecule has 1 saturated heterocycles. The summed E-state index contributed by atoms with van der Waals surface area (Å²) in [5.41, 5.74) is 1.43. The first-order chi connectivity index (χ1) is 7.36. The summed E-state index contributed by atoms with van der Waals surface area (Å²) in [7, 11) is 0. The molecule has 2 heteroatoms. The normalized spacial score (nSPS) is 25.3. The van der Waals surface area contributed by atoms with E-state index < -0.39 is 0 Å². The Balaban J connectivity index is 0.000000531. The first-order valence-electron chi connectivity index (χ1n) is 5.47. The molecule has 0 N–H and O–H groups in total. The third-order valence-corrected chi connectivity index (χ3v) is 2.77. The van der Waals surface area contributed by atoms with Crippen LogP contribution in [0.3, 0.4) is 0 Å². The molecule has 0 bridgehead atoms. The average Bonchev–Trinajstić information content (AvgIpc) is 2.34. The van der Waals surface area contributed by atoms with E-state index in [-0.39, 0.29) is 0 Å². The van der Waals surface area contributed by atoms with Gasteiger partial charge in [0.1, 0.15) is 0 Å². The highest BCUT2D eigenvalue weighted by Gasteiger charge is 2.19. The van der Waals surface area contributed by atoms with E-state index in [2.05, 4.69) is 49.9 Å². The van der Waals surface area contributed by atoms with Crippen molar-refractivity contribution in [1.29, 1.82) is 0 Å². The van der Waals surface area contributed by atoms with Crippen molar-refractivity contribution >= 4 is 12.6 Å². The van der Waals surface area contributed by atoms with Crippen LogP contribution in [0.4, 0.5) is 0 Å². The van der Waals surface area contributed by atoms with Gasteiger partial charge in [-0.15, -0.1) is 0 Å². The van der Waals surface area contributed by atoms with E-state index in [9.17, 15) is 0 Å². The van der Waals surface area contributed by atoms with E-state index in [4.69, 9.17) is 4.74 Å². The molecule has 0 amide bonds. The SMILES string of the molecule is CC1CCC(c2ccccc2)CO1.CS. The molecule has 0 saturated carbocycles. The highest BCUT2D eigenvalue weighted by Crippen LogP contribution is 2.27. The van der Waals surface area contributed by atoms with Gasteiger partial charge in [-0.2, -0.15) is 12.6 Å². The quantitative estimate of drug-likeness (QED) is 0.718. The third-order valence-electron chi connectivity index (χ3n) is 2.77. The second-order valence-corrected chi connectivity index (χ2v) is 3.83. The zero-order valence-corrected chi connectivity index (χ0v) is 10.4. The average molecular weight is 224 g/mol. The Labute approximate surface area is 98.3 Å². The maximum Gasteiger partial charge on any atom is 0.0547 e. The van der Waals surface area contributed by atoms with Gasteiger partial charge in [-0.05, 0) is 31.6 Å². The van der Waals surface area contributed by atoms with Crippen molar-refractivity contribution in [2.45, 2.75) is 31.8 Å². The summed E-state index contributed by atoms with van der Waals surface area (Å²) >= 11 is 3.53. The highest BCUT2D eigenvalue weighted by atomic mass is 32.1. The monoisotopic (exact) mass is 224 g/mol. The van der Waals surface area contributed by atoms with Gasteiger partial charge in [-0.1, -0.05) is 30.3 Å². The van der Waals surface area contributed by atoms with Crippen LogP contribution >= 0.6 is 12.6 Å². The molecule has 1 aliphatic heterocycles. The predicted molar refractivity (Wildman–Crippen MR) is 68.7 cm³/mol. The predicted octanol–water partition coefficient (Wildman–Crippen LogP) is 3.52. The Morgan fingerprint density at radius 3 is 2.33 bits per heavy atom. The van der Waals surface area contributed by atoms with Gasteiger partial charge in [0.05, 0.1) is 12.7 Å². The van der Waals surface area contributed by atoms with Gasteiger partial charge in [-0.25, -0.2) is 0 Å². The topological polar surface area (TPSA) is 9.23 Å². The highest BCUT2D eigenvalue weighted by molar-refractivity contribution is 7.79. The van der Waals surface area contributed by atoms with Crippen LogP contribution < -0.4 is 0 Å². The summed E-state index contributed by atoms with van der Waals surface area (Å²) in [4.78, 5) is 0. The molecular weight excluding hydrogens is 204 g/mol. The summed E-state index contributed by atoms with van der Waals surface area (Å²) in [6, 6.07) is 10.7. The summed E-state index contributed by atoms with van der Waals surface area (Å²) in [5.74, 6) is 0.623. The Morgan fingerprint density at radius 2 is 1.80 bits per heavy atom. The molecule has 1 aliphatic rings. The zero-order chi connectivity index (χ0) is 11.1. The molecule has 1 nitrogen and oxygen atoms in total. The Bertz CT molecular complexity index is 252. The Kier molecular flexibility index (Phi) is 5.81. The molecule has 2 rings (SSSR count). The summed E-state index contributed by atoms with van der Waals surface area (Å²) < 4.78 is 5.64. The second kappa shape index (κ2) is 6.91. The number of hydrogen-bond acceptors (Lipinski definition) is 2. The standard InChI is InChI=1S/C12H16O.CH4S/c1-10-7-8-12(9-13-10)11-5-3-2-4-6-11;1-2/h2-6,10,12H,7-9H2,1H3;2H,1H3. The fraction of sp³-hybridized carbons (Fsp3) is 0.538. The Hall–Kier alpha value is -0.470. The molecular formula is C13H20OS. The first-order valence-corrected chi connectivity index (χ1v) is 6.37. The van der Waals surface area contributed by atoms with Crippen LogP contribution in [-0.2, 0) is 4.74 Å². The molecule has 2 atom stereocenters. The van der Waals surface area contributed by atoms with Crippen molar-refractivity contribution in [3.63, 3.8) is 0 Å². The van der Waals surface area contributed by atoms with Gasteiger partial charge < -0.3 is 4.74 Å². The second-order valence-electron chi connectivity index (χ2n) is 3.83. The molecule has 0 spiro atoms. The van der Waals surface area contributed by atoms with Gasteiger partial charge in [0.25, 0.3) is 0 Å². The lowest BCUT2D eigenvalue weighted by Crippen LogP contribution is -2.22. The Morgan fingerprint density at radius 1 is 1.13 bits per heavy atom. The maximum absolute atomic E-state index is 5.64. The fourth-order valence-electron chi connectivity index (χ4n) is 1.87. The third kappa shape index (κ3) is 3.88. The van der Waals surface area contributed by atoms with E-state index in [1.54, 1.807) is 6.26 Å². The van der Waals surface area contributed by atoms with Gasteiger partial charge in [-0.3, -0.25) is 0 Å². The van der Waals surface area contributed by atoms with E-state index in [0.717, 1.165) is 6.61 Å². The van der Waals surface area contributed by atoms with Crippen LogP contribution in [0.2, 0.25) is 0 Å². The minimum Gasteiger partial charge on any atom is -0.378 e. The minimum absolute atomic E-state index is 0.458. The van der Waals surface area contributed by atoms with Gasteiger partial charge in [0.15, 0.2) is 0 Å². The first kappa shape index (κ1) is 12.6. The molecule has 0 radical (unpaired) electrons. The molecule has 1 heterocycles. The van der Waals surface area contributed by atoms with Gasteiger partial charge in [0.2, 0.25) is 0 Å². The van der Waals surface area contributed by atoms with Gasteiger partial charge in [0, 0.05) is 5.92 Å². The van der Waals surface area contributed by atoms with E-state index in [1.807, 2.05) is 0 Å². The number of hydrogen-bond donors (Lipinski definition) is 1. The molecule has 1 aromatic rings. The van der Waals surface area contributed by atoms with E-state index >= 15 is 0 Å². The minimum atomic E-state index is 0.458. The lowest BCUT2D eigenvalue weighted by Gasteiger charge is -2.26. The lowest BCUT2D eigenvalue weighted by atomic mass is 9.92. The summed E-state index contributed by atoms with van der Waals surface area (Å²) in [6.45, 7) is 3.05. The summed E-state index contributed by atoms with van der Waals surface area (Å²) in [5, 5.41) is 0. The molecule has 84 valence electrons. The molecule has 2 unspecified atom stereocenters.